The summed E-state index contributed by atoms with van der Waals surface area (Å²) in [5, 5.41) is 12.5. The molecule has 2 rings (SSSR count). The molecule has 0 atom stereocenters. The number of amides is 1. The first-order valence-corrected chi connectivity index (χ1v) is 6.81. The van der Waals surface area contributed by atoms with Crippen molar-refractivity contribution < 1.29 is 9.90 Å². The van der Waals surface area contributed by atoms with Crippen molar-refractivity contribution in [2.45, 2.75) is 20.8 Å². The van der Waals surface area contributed by atoms with Crippen molar-refractivity contribution in [1.82, 2.24) is 0 Å². The molecule has 20 heavy (non-hydrogen) atoms. The van der Waals surface area contributed by atoms with Crippen LogP contribution in [0.25, 0.3) is 0 Å². The van der Waals surface area contributed by atoms with Gasteiger partial charge in [-0.3, -0.25) is 4.79 Å². The summed E-state index contributed by atoms with van der Waals surface area (Å²) in [6, 6.07) is 11.9. The zero-order valence-corrected chi connectivity index (χ0v) is 12.5. The van der Waals surface area contributed by atoms with Crippen molar-refractivity contribution in [1.29, 1.82) is 0 Å². The Kier molecular flexibility index (Phi) is 6.07. The van der Waals surface area contributed by atoms with Gasteiger partial charge in [0.1, 0.15) is 11.3 Å². The first-order valence-electron chi connectivity index (χ1n) is 6.43. The summed E-state index contributed by atoms with van der Waals surface area (Å²) in [5.41, 5.74) is 1.85. The maximum absolute atomic E-state index is 12.0. The zero-order chi connectivity index (χ0) is 15.1. The van der Waals surface area contributed by atoms with Gasteiger partial charge in [-0.25, -0.2) is 0 Å². The highest BCUT2D eigenvalue weighted by atomic mass is 35.5. The molecule has 0 radical (unpaired) electrons. The van der Waals surface area contributed by atoms with Crippen LogP contribution in [0.15, 0.2) is 42.5 Å². The van der Waals surface area contributed by atoms with E-state index in [0.717, 1.165) is 5.56 Å². The van der Waals surface area contributed by atoms with Gasteiger partial charge in [-0.15, -0.1) is 0 Å². The molecule has 4 heteroatoms. The summed E-state index contributed by atoms with van der Waals surface area (Å²) in [6.45, 7) is 5.96. The second-order valence-electron chi connectivity index (χ2n) is 3.95. The number of benzene rings is 2. The summed E-state index contributed by atoms with van der Waals surface area (Å²) in [4.78, 5) is 12.0. The van der Waals surface area contributed by atoms with Crippen LogP contribution in [0.2, 0.25) is 5.02 Å². The molecule has 0 saturated carbocycles. The van der Waals surface area contributed by atoms with E-state index in [9.17, 15) is 9.90 Å². The lowest BCUT2D eigenvalue weighted by Crippen LogP contribution is -2.12. The van der Waals surface area contributed by atoms with Gasteiger partial charge in [-0.1, -0.05) is 49.2 Å². The van der Waals surface area contributed by atoms with Crippen molar-refractivity contribution in [3.63, 3.8) is 0 Å². The molecule has 2 aromatic carbocycles. The number of aromatic hydroxyl groups is 1. The van der Waals surface area contributed by atoms with Gasteiger partial charge in [-0.2, -0.15) is 0 Å². The van der Waals surface area contributed by atoms with E-state index in [0.29, 0.717) is 5.69 Å². The van der Waals surface area contributed by atoms with Gasteiger partial charge in [0.15, 0.2) is 0 Å². The Bertz CT molecular complexity index is 559. The van der Waals surface area contributed by atoms with E-state index in [1.54, 1.807) is 24.3 Å². The molecular weight excluding hydrogens is 274 g/mol. The minimum atomic E-state index is -0.429. The molecule has 2 N–H and O–H groups in total. The van der Waals surface area contributed by atoms with Gasteiger partial charge in [0.05, 0.1) is 5.02 Å². The second-order valence-corrected chi connectivity index (χ2v) is 4.36. The van der Waals surface area contributed by atoms with Crippen LogP contribution in [0.3, 0.4) is 0 Å². The van der Waals surface area contributed by atoms with Crippen LogP contribution in [-0.2, 0) is 0 Å². The Balaban J connectivity index is 0.000000956. The highest BCUT2D eigenvalue weighted by Crippen LogP contribution is 2.26. The fraction of sp³-hybridized carbons (Fsp3) is 0.188. The molecule has 3 nitrogen and oxygen atoms in total. The van der Waals surface area contributed by atoms with Crippen molar-refractivity contribution in [2.75, 3.05) is 5.32 Å². The lowest BCUT2D eigenvalue weighted by molar-refractivity contribution is 0.102. The molecule has 0 heterocycles. The quantitative estimate of drug-likeness (QED) is 0.847. The van der Waals surface area contributed by atoms with E-state index in [1.165, 1.54) is 6.07 Å². The van der Waals surface area contributed by atoms with Crippen molar-refractivity contribution in [3.8, 4) is 5.75 Å². The van der Waals surface area contributed by atoms with Crippen LogP contribution in [0.1, 0.15) is 29.8 Å². The number of phenols is 1. The number of anilines is 1. The fourth-order valence-electron chi connectivity index (χ4n) is 1.57. The van der Waals surface area contributed by atoms with Crippen LogP contribution in [0, 0.1) is 6.92 Å². The van der Waals surface area contributed by atoms with E-state index in [2.05, 4.69) is 5.32 Å². The lowest BCUT2D eigenvalue weighted by Gasteiger charge is -2.08. The number of carbonyl (C=O) groups excluding carboxylic acids is 1. The first kappa shape index (κ1) is 16.1. The predicted molar refractivity (Wildman–Crippen MR) is 83.6 cm³/mol. The molecule has 1 amide bonds. The van der Waals surface area contributed by atoms with Gasteiger partial charge in [0, 0.05) is 5.69 Å². The molecular formula is C16H18ClNO2. The van der Waals surface area contributed by atoms with Gasteiger partial charge < -0.3 is 10.4 Å². The first-order chi connectivity index (χ1) is 9.58. The molecule has 0 spiro atoms. The standard InChI is InChI=1S/C14H12ClNO2.C2H6/c1-9-5-7-10(8-6-9)16-14(18)13-11(15)3-2-4-12(13)17;1-2/h2-8,17H,1H3,(H,16,18);1-2H3. The summed E-state index contributed by atoms with van der Waals surface area (Å²) < 4.78 is 0. The van der Waals surface area contributed by atoms with Crippen molar-refractivity contribution >= 4 is 23.2 Å². The Morgan fingerprint density at radius 3 is 2.25 bits per heavy atom. The number of phenolic OH excluding ortho intramolecular Hbond substituents is 1. The molecule has 0 fully saturated rings. The Labute approximate surface area is 124 Å². The SMILES string of the molecule is CC.Cc1ccc(NC(=O)c2c(O)cccc2Cl)cc1. The summed E-state index contributed by atoms with van der Waals surface area (Å²) in [7, 11) is 0. The molecule has 0 saturated heterocycles. The maximum Gasteiger partial charge on any atom is 0.260 e. The highest BCUT2D eigenvalue weighted by molar-refractivity contribution is 6.34. The second kappa shape index (κ2) is 7.56. The topological polar surface area (TPSA) is 49.3 Å². The van der Waals surface area contributed by atoms with E-state index in [1.807, 2.05) is 32.9 Å². The van der Waals surface area contributed by atoms with Gasteiger partial charge in [0.2, 0.25) is 0 Å². The number of hydrogen-bond donors (Lipinski definition) is 2. The molecule has 106 valence electrons. The minimum absolute atomic E-state index is 0.0831. The number of hydrogen-bond acceptors (Lipinski definition) is 2. The highest BCUT2D eigenvalue weighted by Gasteiger charge is 2.15. The van der Waals surface area contributed by atoms with E-state index in [4.69, 9.17) is 11.6 Å². The monoisotopic (exact) mass is 291 g/mol. The van der Waals surface area contributed by atoms with Crippen molar-refractivity contribution in [3.05, 3.63) is 58.6 Å². The number of carbonyl (C=O) groups is 1. The number of halogens is 1. The normalized spacial score (nSPS) is 9.40. The Morgan fingerprint density at radius 2 is 1.70 bits per heavy atom. The third-order valence-corrected chi connectivity index (χ3v) is 2.84. The average Bonchev–Trinajstić information content (AvgIpc) is 2.43. The molecule has 2 aromatic rings. The van der Waals surface area contributed by atoms with Gasteiger partial charge >= 0.3 is 0 Å². The van der Waals surface area contributed by atoms with Crippen LogP contribution >= 0.6 is 11.6 Å². The summed E-state index contributed by atoms with van der Waals surface area (Å²) in [6.07, 6.45) is 0. The van der Waals surface area contributed by atoms with Crippen LogP contribution in [0.4, 0.5) is 5.69 Å². The molecule has 0 unspecified atom stereocenters. The molecule has 0 bridgehead atoms. The zero-order valence-electron chi connectivity index (χ0n) is 11.8. The van der Waals surface area contributed by atoms with E-state index >= 15 is 0 Å². The van der Waals surface area contributed by atoms with Crippen LogP contribution < -0.4 is 5.32 Å². The largest absolute Gasteiger partial charge is 0.507 e. The van der Waals surface area contributed by atoms with Crippen LogP contribution in [0.5, 0.6) is 5.75 Å². The number of rotatable bonds is 2. The number of aryl methyl sites for hydroxylation is 1. The van der Waals surface area contributed by atoms with E-state index < -0.39 is 5.91 Å². The number of nitrogens with one attached hydrogen (secondary N) is 1. The molecule has 0 aliphatic rings. The Hall–Kier alpha value is -2.00. The average molecular weight is 292 g/mol. The fourth-order valence-corrected chi connectivity index (χ4v) is 1.82. The maximum atomic E-state index is 12.0. The Morgan fingerprint density at radius 1 is 1.10 bits per heavy atom. The van der Waals surface area contributed by atoms with E-state index in [-0.39, 0.29) is 16.3 Å². The molecule has 0 aliphatic heterocycles. The van der Waals surface area contributed by atoms with Gasteiger partial charge in [0.25, 0.3) is 5.91 Å². The molecule has 0 aliphatic carbocycles. The lowest BCUT2D eigenvalue weighted by atomic mass is 10.1. The summed E-state index contributed by atoms with van der Waals surface area (Å²) in [5.74, 6) is -0.561. The summed E-state index contributed by atoms with van der Waals surface area (Å²) >= 11 is 5.90. The third kappa shape index (κ3) is 4.00. The molecule has 0 aromatic heterocycles. The minimum Gasteiger partial charge on any atom is -0.507 e. The predicted octanol–water partition coefficient (Wildman–Crippen LogP) is 4.63. The van der Waals surface area contributed by atoms with Gasteiger partial charge in [-0.05, 0) is 31.2 Å². The third-order valence-electron chi connectivity index (χ3n) is 2.53. The van der Waals surface area contributed by atoms with Crippen molar-refractivity contribution in [2.24, 2.45) is 0 Å². The van der Waals surface area contributed by atoms with Crippen LogP contribution in [-0.4, -0.2) is 11.0 Å². The smallest absolute Gasteiger partial charge is 0.260 e.